The quantitative estimate of drug-likeness (QED) is 0.515. The molecule has 0 amide bonds. The maximum absolute atomic E-state index is 10.1. The second-order valence-corrected chi connectivity index (χ2v) is 1.46. The number of rotatable bonds is 4. The number of ether oxygens (including phenoxy) is 1. The van der Waals surface area contributed by atoms with Crippen LogP contribution >= 0.6 is 0 Å². The smallest absolute Gasteiger partial charge is 0.348 e. The Hall–Kier alpha value is -0.610. The van der Waals surface area contributed by atoms with Crippen molar-refractivity contribution in [1.29, 1.82) is 0 Å². The third-order valence-electron chi connectivity index (χ3n) is 0.820. The molecule has 4 heteroatoms. The Bertz CT molecular complexity index is 94.2. The highest BCUT2D eigenvalue weighted by atomic mass is 16.5. The van der Waals surface area contributed by atoms with E-state index in [4.69, 9.17) is 9.84 Å². The molecule has 0 aromatic heterocycles. The van der Waals surface area contributed by atoms with E-state index in [9.17, 15) is 4.79 Å². The Morgan fingerprint density at radius 3 is 2.56 bits per heavy atom. The van der Waals surface area contributed by atoms with Gasteiger partial charge in [0.1, 0.15) is 0 Å². The van der Waals surface area contributed by atoms with Crippen LogP contribution in [0.2, 0.25) is 0 Å². The van der Waals surface area contributed by atoms with Crippen LogP contribution in [0.3, 0.4) is 0 Å². The third-order valence-corrected chi connectivity index (χ3v) is 0.820. The molecule has 0 heterocycles. The fourth-order valence-corrected chi connectivity index (χ4v) is 0.445. The van der Waals surface area contributed by atoms with Crippen molar-refractivity contribution in [3.63, 3.8) is 0 Å². The molecule has 4 nitrogen and oxygen atoms in total. The zero-order valence-electron chi connectivity index (χ0n) is 5.55. The van der Waals surface area contributed by atoms with Gasteiger partial charge in [-0.05, 0) is 14.0 Å². The number of nitrogens with one attached hydrogen (secondary N) is 1. The zero-order valence-corrected chi connectivity index (χ0v) is 5.55. The second kappa shape index (κ2) is 4.29. The van der Waals surface area contributed by atoms with E-state index in [1.807, 2.05) is 0 Å². The average molecular weight is 133 g/mol. The summed E-state index contributed by atoms with van der Waals surface area (Å²) in [6.45, 7) is 2.14. The lowest BCUT2D eigenvalue weighted by Crippen LogP contribution is -2.36. The van der Waals surface area contributed by atoms with Gasteiger partial charge in [-0.3, -0.25) is 5.32 Å². The minimum Gasteiger partial charge on any atom is -0.478 e. The summed E-state index contributed by atoms with van der Waals surface area (Å²) in [7, 11) is 1.54. The largest absolute Gasteiger partial charge is 0.478 e. The number of carboxylic acid groups (broad SMARTS) is 1. The van der Waals surface area contributed by atoms with Gasteiger partial charge in [0.2, 0.25) is 6.23 Å². The topological polar surface area (TPSA) is 58.6 Å². The molecule has 0 aliphatic rings. The van der Waals surface area contributed by atoms with E-state index in [-0.39, 0.29) is 0 Å². The van der Waals surface area contributed by atoms with Crippen LogP contribution in [0.5, 0.6) is 0 Å². The molecule has 0 aliphatic carbocycles. The van der Waals surface area contributed by atoms with Crippen LogP contribution in [0.1, 0.15) is 6.92 Å². The van der Waals surface area contributed by atoms with Gasteiger partial charge in [0, 0.05) is 6.61 Å². The van der Waals surface area contributed by atoms with Crippen molar-refractivity contribution in [2.45, 2.75) is 13.2 Å². The lowest BCUT2D eigenvalue weighted by molar-refractivity contribution is -0.151. The fourth-order valence-electron chi connectivity index (χ4n) is 0.445. The monoisotopic (exact) mass is 133 g/mol. The lowest BCUT2D eigenvalue weighted by Gasteiger charge is -2.09. The van der Waals surface area contributed by atoms with Crippen LogP contribution in [-0.2, 0) is 9.53 Å². The molecule has 0 aromatic carbocycles. The van der Waals surface area contributed by atoms with Gasteiger partial charge < -0.3 is 9.84 Å². The molecular weight excluding hydrogens is 122 g/mol. The van der Waals surface area contributed by atoms with Crippen LogP contribution < -0.4 is 5.32 Å². The minimum atomic E-state index is -0.987. The number of carboxylic acids is 1. The predicted octanol–water partition coefficient (Wildman–Crippen LogP) is -0.347. The van der Waals surface area contributed by atoms with E-state index in [1.165, 1.54) is 7.05 Å². The van der Waals surface area contributed by atoms with E-state index in [0.717, 1.165) is 0 Å². The van der Waals surface area contributed by atoms with Crippen molar-refractivity contribution in [2.24, 2.45) is 0 Å². The van der Waals surface area contributed by atoms with E-state index in [0.29, 0.717) is 6.61 Å². The van der Waals surface area contributed by atoms with Crippen molar-refractivity contribution in [3.05, 3.63) is 0 Å². The second-order valence-electron chi connectivity index (χ2n) is 1.46. The van der Waals surface area contributed by atoms with Gasteiger partial charge in [-0.25, -0.2) is 4.79 Å². The minimum absolute atomic E-state index is 0.401. The Balaban J connectivity index is 3.54. The third kappa shape index (κ3) is 3.05. The summed E-state index contributed by atoms with van der Waals surface area (Å²) >= 11 is 0. The summed E-state index contributed by atoms with van der Waals surface area (Å²) in [5, 5.41) is 10.8. The molecule has 9 heavy (non-hydrogen) atoms. The van der Waals surface area contributed by atoms with E-state index < -0.39 is 12.2 Å². The molecule has 54 valence electrons. The maximum Gasteiger partial charge on any atom is 0.348 e. The number of hydrogen-bond donors (Lipinski definition) is 2. The molecule has 0 rings (SSSR count). The molecule has 0 bridgehead atoms. The molecule has 0 saturated heterocycles. The number of hydrogen-bond acceptors (Lipinski definition) is 3. The predicted molar refractivity (Wildman–Crippen MR) is 32.1 cm³/mol. The lowest BCUT2D eigenvalue weighted by atomic mass is 10.6. The molecule has 0 saturated carbocycles. The molecule has 2 N–H and O–H groups in total. The first kappa shape index (κ1) is 8.39. The van der Waals surface area contributed by atoms with Crippen molar-refractivity contribution < 1.29 is 14.6 Å². The highest BCUT2D eigenvalue weighted by Crippen LogP contribution is 1.84. The number of aliphatic carboxylic acids is 1. The van der Waals surface area contributed by atoms with Gasteiger partial charge in [0.25, 0.3) is 0 Å². The Morgan fingerprint density at radius 1 is 1.89 bits per heavy atom. The van der Waals surface area contributed by atoms with Crippen LogP contribution in [0.15, 0.2) is 0 Å². The van der Waals surface area contributed by atoms with Gasteiger partial charge in [-0.2, -0.15) is 0 Å². The van der Waals surface area contributed by atoms with E-state index in [2.05, 4.69) is 5.32 Å². The Labute approximate surface area is 53.8 Å². The summed E-state index contributed by atoms with van der Waals surface area (Å²) in [5.74, 6) is -0.987. The average Bonchev–Trinajstić information content (AvgIpc) is 1.82. The summed E-state index contributed by atoms with van der Waals surface area (Å²) < 4.78 is 4.74. The Kier molecular flexibility index (Phi) is 4.00. The Morgan fingerprint density at radius 2 is 2.44 bits per heavy atom. The first-order chi connectivity index (χ1) is 4.22. The van der Waals surface area contributed by atoms with E-state index >= 15 is 0 Å². The summed E-state index contributed by atoms with van der Waals surface area (Å²) in [6.07, 6.45) is -0.866. The van der Waals surface area contributed by atoms with Crippen LogP contribution in [-0.4, -0.2) is 31.0 Å². The molecule has 0 radical (unpaired) electrons. The molecule has 0 aromatic rings. The van der Waals surface area contributed by atoms with Crippen molar-refractivity contribution >= 4 is 5.97 Å². The highest BCUT2D eigenvalue weighted by Gasteiger charge is 2.12. The SMILES string of the molecule is CCOC(NC)C(=O)O. The molecular formula is C5H11NO3. The summed E-state index contributed by atoms with van der Waals surface area (Å²) in [4.78, 5) is 10.1. The first-order valence-electron chi connectivity index (χ1n) is 2.74. The standard InChI is InChI=1S/C5H11NO3/c1-3-9-4(6-2)5(7)8/h4,6H,3H2,1-2H3,(H,7,8). The number of likely N-dealkylation sites (N-methyl/N-ethyl adjacent to an activating group) is 1. The normalized spacial score (nSPS) is 13.1. The first-order valence-corrected chi connectivity index (χ1v) is 2.74. The summed E-state index contributed by atoms with van der Waals surface area (Å²) in [6, 6.07) is 0. The molecule has 0 spiro atoms. The van der Waals surface area contributed by atoms with Gasteiger partial charge >= 0.3 is 5.97 Å². The van der Waals surface area contributed by atoms with Crippen LogP contribution in [0, 0.1) is 0 Å². The van der Waals surface area contributed by atoms with Crippen LogP contribution in [0.4, 0.5) is 0 Å². The maximum atomic E-state index is 10.1. The fraction of sp³-hybridized carbons (Fsp3) is 0.800. The van der Waals surface area contributed by atoms with Crippen molar-refractivity contribution in [3.8, 4) is 0 Å². The molecule has 1 atom stereocenters. The molecule has 0 aliphatic heterocycles. The number of carbonyl (C=O) groups is 1. The van der Waals surface area contributed by atoms with Gasteiger partial charge in [-0.15, -0.1) is 0 Å². The van der Waals surface area contributed by atoms with Crippen LogP contribution in [0.25, 0.3) is 0 Å². The zero-order chi connectivity index (χ0) is 7.28. The van der Waals surface area contributed by atoms with Gasteiger partial charge in [-0.1, -0.05) is 0 Å². The van der Waals surface area contributed by atoms with Gasteiger partial charge in [0.05, 0.1) is 0 Å². The summed E-state index contributed by atoms with van der Waals surface area (Å²) in [5.41, 5.74) is 0. The highest BCUT2D eigenvalue weighted by molar-refractivity contribution is 5.71. The van der Waals surface area contributed by atoms with Crippen molar-refractivity contribution in [2.75, 3.05) is 13.7 Å². The van der Waals surface area contributed by atoms with Gasteiger partial charge in [0.15, 0.2) is 0 Å². The molecule has 0 fully saturated rings. The van der Waals surface area contributed by atoms with Crippen molar-refractivity contribution in [1.82, 2.24) is 5.32 Å². The molecule has 1 unspecified atom stereocenters. The van der Waals surface area contributed by atoms with E-state index in [1.54, 1.807) is 6.92 Å².